The van der Waals surface area contributed by atoms with Crippen molar-refractivity contribution >= 4 is 39.0 Å². The molecule has 5 heteroatoms. The fourth-order valence-corrected chi connectivity index (χ4v) is 3.83. The van der Waals surface area contributed by atoms with Crippen molar-refractivity contribution < 1.29 is 0 Å². The van der Waals surface area contributed by atoms with Gasteiger partial charge in [-0.15, -0.1) is 11.3 Å². The van der Waals surface area contributed by atoms with Gasteiger partial charge in [0.1, 0.15) is 10.6 Å². The number of hydrogen-bond donors (Lipinski definition) is 1. The number of rotatable bonds is 0. The summed E-state index contributed by atoms with van der Waals surface area (Å²) in [6.45, 7) is 0. The van der Waals surface area contributed by atoms with Crippen molar-refractivity contribution in [2.75, 3.05) is 5.73 Å². The molecule has 2 heterocycles. The number of aryl methyl sites for hydroxylation is 2. The molecule has 2 N–H and O–H groups in total. The number of thiophene rings is 1. The van der Waals surface area contributed by atoms with E-state index in [0.717, 1.165) is 23.1 Å². The molecule has 0 saturated heterocycles. The first-order valence-corrected chi connectivity index (χ1v) is 6.68. The second kappa shape index (κ2) is 3.86. The Kier molecular flexibility index (Phi) is 2.48. The van der Waals surface area contributed by atoms with E-state index in [2.05, 4.69) is 9.97 Å². The Bertz CT molecular complexity index is 550. The minimum absolute atomic E-state index is 0.251. The summed E-state index contributed by atoms with van der Waals surface area (Å²) in [7, 11) is 0. The number of nitrogens with zero attached hydrogens (tertiary/aromatic N) is 2. The molecule has 84 valence electrons. The number of hydrogen-bond acceptors (Lipinski definition) is 4. The predicted octanol–water partition coefficient (Wildman–Crippen LogP) is 3.20. The molecule has 0 fully saturated rings. The lowest BCUT2D eigenvalue weighted by atomic mass is 10.1. The van der Waals surface area contributed by atoms with Crippen molar-refractivity contribution in [3.8, 4) is 0 Å². The third-order valence-corrected chi connectivity index (χ3v) is 4.42. The van der Waals surface area contributed by atoms with Crippen LogP contribution in [0.1, 0.15) is 29.7 Å². The van der Waals surface area contributed by atoms with Gasteiger partial charge in [-0.3, -0.25) is 0 Å². The number of fused-ring (bicyclic) bond motifs is 3. The van der Waals surface area contributed by atoms with Crippen molar-refractivity contribution in [2.45, 2.75) is 32.1 Å². The normalized spacial score (nSPS) is 16.1. The molecule has 3 rings (SSSR count). The van der Waals surface area contributed by atoms with Gasteiger partial charge in [0.2, 0.25) is 5.28 Å². The van der Waals surface area contributed by atoms with E-state index >= 15 is 0 Å². The van der Waals surface area contributed by atoms with Gasteiger partial charge in [0.15, 0.2) is 0 Å². The van der Waals surface area contributed by atoms with E-state index in [1.54, 1.807) is 11.3 Å². The average molecular weight is 254 g/mol. The van der Waals surface area contributed by atoms with E-state index in [-0.39, 0.29) is 5.28 Å². The van der Waals surface area contributed by atoms with Crippen molar-refractivity contribution in [1.82, 2.24) is 9.97 Å². The Hall–Kier alpha value is -0.870. The molecular weight excluding hydrogens is 242 g/mol. The van der Waals surface area contributed by atoms with Crippen molar-refractivity contribution in [3.63, 3.8) is 0 Å². The first-order valence-electron chi connectivity index (χ1n) is 5.49. The third kappa shape index (κ3) is 1.57. The highest BCUT2D eigenvalue weighted by atomic mass is 35.5. The van der Waals surface area contributed by atoms with Crippen molar-refractivity contribution in [1.29, 1.82) is 0 Å². The van der Waals surface area contributed by atoms with Crippen LogP contribution in [0.5, 0.6) is 0 Å². The number of nitrogen functional groups attached to an aromatic ring is 1. The van der Waals surface area contributed by atoms with Crippen LogP contribution in [0.25, 0.3) is 10.2 Å². The molecule has 0 saturated carbocycles. The predicted molar refractivity (Wildman–Crippen MR) is 68.1 cm³/mol. The second-order valence-corrected chi connectivity index (χ2v) is 5.54. The van der Waals surface area contributed by atoms with Gasteiger partial charge < -0.3 is 5.73 Å². The molecular formula is C11H12ClN3S. The molecule has 0 radical (unpaired) electrons. The molecule has 16 heavy (non-hydrogen) atoms. The molecule has 2 aromatic rings. The van der Waals surface area contributed by atoms with Gasteiger partial charge in [0.05, 0.1) is 5.39 Å². The minimum atomic E-state index is 0.251. The number of halogens is 1. The summed E-state index contributed by atoms with van der Waals surface area (Å²) < 4.78 is 0. The molecule has 0 spiro atoms. The molecule has 0 bridgehead atoms. The van der Waals surface area contributed by atoms with E-state index in [9.17, 15) is 0 Å². The van der Waals surface area contributed by atoms with Crippen LogP contribution in [0.4, 0.5) is 5.82 Å². The van der Waals surface area contributed by atoms with Gasteiger partial charge in [-0.1, -0.05) is 6.42 Å². The molecule has 1 aliphatic carbocycles. The monoisotopic (exact) mass is 253 g/mol. The molecule has 0 atom stereocenters. The summed E-state index contributed by atoms with van der Waals surface area (Å²) in [5.41, 5.74) is 7.31. The smallest absolute Gasteiger partial charge is 0.225 e. The molecule has 1 aliphatic rings. The molecule has 3 nitrogen and oxygen atoms in total. The van der Waals surface area contributed by atoms with E-state index in [4.69, 9.17) is 17.3 Å². The summed E-state index contributed by atoms with van der Waals surface area (Å²) in [5.74, 6) is 0.536. The maximum absolute atomic E-state index is 5.95. The summed E-state index contributed by atoms with van der Waals surface area (Å²) in [6.07, 6.45) is 6.05. The van der Waals surface area contributed by atoms with E-state index in [1.165, 1.54) is 29.7 Å². The zero-order valence-corrected chi connectivity index (χ0v) is 10.4. The third-order valence-electron chi connectivity index (χ3n) is 3.07. The first-order chi connectivity index (χ1) is 7.75. The standard InChI is InChI=1S/C11H12ClN3S/c12-11-14-9(13)8-6-4-2-1-3-5-7(6)16-10(8)15-11/h1-5H2,(H2,13,14,15). The molecule has 0 aromatic carbocycles. The van der Waals surface area contributed by atoms with Crippen molar-refractivity contribution in [2.24, 2.45) is 0 Å². The van der Waals surface area contributed by atoms with Crippen LogP contribution >= 0.6 is 22.9 Å². The Morgan fingerprint density at radius 2 is 1.94 bits per heavy atom. The molecule has 0 amide bonds. The largest absolute Gasteiger partial charge is 0.383 e. The van der Waals surface area contributed by atoms with Crippen LogP contribution in [0, 0.1) is 0 Å². The SMILES string of the molecule is Nc1nc(Cl)nc2sc3c(c12)CCCCC3. The quantitative estimate of drug-likeness (QED) is 0.579. The minimum Gasteiger partial charge on any atom is -0.383 e. The average Bonchev–Trinajstić information content (AvgIpc) is 2.42. The summed E-state index contributed by atoms with van der Waals surface area (Å²) in [6, 6.07) is 0. The van der Waals surface area contributed by atoms with Crippen LogP contribution in [0.2, 0.25) is 5.28 Å². The number of aromatic nitrogens is 2. The molecule has 2 aromatic heterocycles. The summed E-state index contributed by atoms with van der Waals surface area (Å²) in [5, 5.41) is 1.30. The fraction of sp³-hybridized carbons (Fsp3) is 0.455. The van der Waals surface area contributed by atoms with Gasteiger partial charge in [0, 0.05) is 4.88 Å². The fourth-order valence-electron chi connectivity index (χ4n) is 2.34. The summed E-state index contributed by atoms with van der Waals surface area (Å²) >= 11 is 7.55. The highest BCUT2D eigenvalue weighted by molar-refractivity contribution is 7.19. The van der Waals surface area contributed by atoms with E-state index < -0.39 is 0 Å². The van der Waals surface area contributed by atoms with Crippen LogP contribution in [0.3, 0.4) is 0 Å². The van der Waals surface area contributed by atoms with Crippen LogP contribution < -0.4 is 5.73 Å². The highest BCUT2D eigenvalue weighted by Gasteiger charge is 2.18. The second-order valence-electron chi connectivity index (χ2n) is 4.12. The number of nitrogens with two attached hydrogens (primary N) is 1. The van der Waals surface area contributed by atoms with Crippen LogP contribution in [-0.2, 0) is 12.8 Å². The van der Waals surface area contributed by atoms with Crippen molar-refractivity contribution in [3.05, 3.63) is 15.7 Å². The molecule has 0 unspecified atom stereocenters. The van der Waals surface area contributed by atoms with Gasteiger partial charge in [0.25, 0.3) is 0 Å². The Labute approximate surface area is 103 Å². The lowest BCUT2D eigenvalue weighted by molar-refractivity contribution is 0.713. The van der Waals surface area contributed by atoms with Crippen LogP contribution in [0.15, 0.2) is 0 Å². The number of anilines is 1. The maximum Gasteiger partial charge on any atom is 0.225 e. The zero-order valence-electron chi connectivity index (χ0n) is 8.79. The van der Waals surface area contributed by atoms with E-state index in [0.29, 0.717) is 5.82 Å². The highest BCUT2D eigenvalue weighted by Crippen LogP contribution is 2.37. The van der Waals surface area contributed by atoms with Gasteiger partial charge in [-0.25, -0.2) is 9.97 Å². The maximum atomic E-state index is 5.95. The van der Waals surface area contributed by atoms with Gasteiger partial charge in [-0.2, -0.15) is 0 Å². The Morgan fingerprint density at radius 3 is 2.81 bits per heavy atom. The lowest BCUT2D eigenvalue weighted by Gasteiger charge is -2.00. The van der Waals surface area contributed by atoms with E-state index in [1.807, 2.05) is 0 Å². The molecule has 0 aliphatic heterocycles. The Morgan fingerprint density at radius 1 is 1.12 bits per heavy atom. The zero-order chi connectivity index (χ0) is 11.1. The van der Waals surface area contributed by atoms with Crippen LogP contribution in [-0.4, -0.2) is 9.97 Å². The van der Waals surface area contributed by atoms with Gasteiger partial charge in [-0.05, 0) is 42.8 Å². The van der Waals surface area contributed by atoms with Gasteiger partial charge >= 0.3 is 0 Å². The first kappa shape index (κ1) is 10.3. The Balaban J connectivity index is 2.29. The lowest BCUT2D eigenvalue weighted by Crippen LogP contribution is -1.95. The summed E-state index contributed by atoms with van der Waals surface area (Å²) in [4.78, 5) is 10.7. The topological polar surface area (TPSA) is 51.8 Å².